The van der Waals surface area contributed by atoms with Crippen molar-refractivity contribution in [3.8, 4) is 6.07 Å². The highest BCUT2D eigenvalue weighted by Gasteiger charge is 2.22. The molecule has 0 radical (unpaired) electrons. The van der Waals surface area contributed by atoms with Crippen molar-refractivity contribution < 1.29 is 9.53 Å². The zero-order valence-electron chi connectivity index (χ0n) is 13.6. The number of fused-ring (bicyclic) bond motifs is 2. The van der Waals surface area contributed by atoms with Crippen LogP contribution in [-0.4, -0.2) is 22.1 Å². The van der Waals surface area contributed by atoms with Crippen LogP contribution >= 0.6 is 11.3 Å². The topological polar surface area (TPSA) is 85.0 Å². The molecule has 0 unspecified atom stereocenters. The van der Waals surface area contributed by atoms with Crippen LogP contribution in [0.1, 0.15) is 53.2 Å². The predicted octanol–water partition coefficient (Wildman–Crippen LogP) is 2.95. The summed E-state index contributed by atoms with van der Waals surface area (Å²) in [6, 6.07) is 2.02. The minimum atomic E-state index is -0.437. The molecule has 24 heavy (non-hydrogen) atoms. The first kappa shape index (κ1) is 16.7. The van der Waals surface area contributed by atoms with Crippen molar-refractivity contribution in [1.82, 2.24) is 9.55 Å². The van der Waals surface area contributed by atoms with E-state index in [2.05, 4.69) is 4.98 Å². The fourth-order valence-electron chi connectivity index (χ4n) is 2.99. The Labute approximate surface area is 143 Å². The van der Waals surface area contributed by atoms with Crippen molar-refractivity contribution in [3.63, 3.8) is 0 Å². The van der Waals surface area contributed by atoms with E-state index in [4.69, 9.17) is 10.00 Å². The highest BCUT2D eigenvalue weighted by atomic mass is 32.1. The molecule has 6 nitrogen and oxygen atoms in total. The Morgan fingerprint density at radius 2 is 2.25 bits per heavy atom. The standard InChI is InChI=1S/C17H19N3O3S/c1-11-13-15(24-14(11)17(22)23-10-6-4-8-18)19-12-7-3-2-5-9-20(12)16(13)21/h2-7,9-10H2,1H3. The van der Waals surface area contributed by atoms with Gasteiger partial charge < -0.3 is 4.74 Å². The van der Waals surface area contributed by atoms with Crippen LogP contribution in [0.15, 0.2) is 4.79 Å². The molecule has 0 amide bonds. The molecule has 0 saturated carbocycles. The van der Waals surface area contributed by atoms with E-state index in [1.807, 2.05) is 6.07 Å². The van der Waals surface area contributed by atoms with Crippen LogP contribution in [0, 0.1) is 18.3 Å². The number of carbonyl (C=O) groups is 1. The van der Waals surface area contributed by atoms with Gasteiger partial charge in [0.15, 0.2) is 0 Å². The van der Waals surface area contributed by atoms with Gasteiger partial charge in [0.2, 0.25) is 0 Å². The average Bonchev–Trinajstić information content (AvgIpc) is 2.74. The molecule has 0 bridgehead atoms. The smallest absolute Gasteiger partial charge is 0.348 e. The fraction of sp³-hybridized carbons (Fsp3) is 0.529. The molecular formula is C17H19N3O3S. The van der Waals surface area contributed by atoms with E-state index in [9.17, 15) is 9.59 Å². The number of carbonyl (C=O) groups excluding carboxylic acids is 1. The summed E-state index contributed by atoms with van der Waals surface area (Å²) in [5.74, 6) is 0.383. The fourth-order valence-corrected chi connectivity index (χ4v) is 4.07. The number of aromatic nitrogens is 2. The first-order valence-corrected chi connectivity index (χ1v) is 9.02. The maximum atomic E-state index is 12.8. The third kappa shape index (κ3) is 3.06. The van der Waals surface area contributed by atoms with Crippen LogP contribution in [0.2, 0.25) is 0 Å². The Bertz CT molecular complexity index is 876. The van der Waals surface area contributed by atoms with Crippen LogP contribution in [0.4, 0.5) is 0 Å². The van der Waals surface area contributed by atoms with E-state index in [0.29, 0.717) is 40.0 Å². The summed E-state index contributed by atoms with van der Waals surface area (Å²) >= 11 is 1.23. The van der Waals surface area contributed by atoms with Gasteiger partial charge in [-0.05, 0) is 31.7 Å². The third-order valence-corrected chi connectivity index (χ3v) is 5.43. The largest absolute Gasteiger partial charge is 0.461 e. The number of aryl methyl sites for hydroxylation is 2. The molecule has 0 spiro atoms. The van der Waals surface area contributed by atoms with E-state index in [1.54, 1.807) is 11.5 Å². The molecule has 3 rings (SSSR count). The van der Waals surface area contributed by atoms with Gasteiger partial charge in [-0.15, -0.1) is 11.3 Å². The molecule has 2 aromatic heterocycles. The lowest BCUT2D eigenvalue weighted by atomic mass is 10.2. The quantitative estimate of drug-likeness (QED) is 0.628. The molecule has 0 fully saturated rings. The average molecular weight is 345 g/mol. The molecule has 126 valence electrons. The number of hydrogen-bond acceptors (Lipinski definition) is 6. The maximum Gasteiger partial charge on any atom is 0.348 e. The molecule has 2 aromatic rings. The van der Waals surface area contributed by atoms with Gasteiger partial charge in [0.05, 0.1) is 18.1 Å². The molecule has 1 aliphatic rings. The number of ether oxygens (including phenoxy) is 1. The Morgan fingerprint density at radius 3 is 3.04 bits per heavy atom. The molecule has 0 saturated heterocycles. The molecule has 7 heteroatoms. The van der Waals surface area contributed by atoms with E-state index in [1.165, 1.54) is 11.3 Å². The Balaban J connectivity index is 1.96. The summed E-state index contributed by atoms with van der Waals surface area (Å²) in [7, 11) is 0. The number of nitrogens with zero attached hydrogens (tertiary/aromatic N) is 3. The second kappa shape index (κ2) is 7.14. The zero-order valence-corrected chi connectivity index (χ0v) is 14.4. The van der Waals surface area contributed by atoms with Crippen molar-refractivity contribution in [2.45, 2.75) is 52.0 Å². The lowest BCUT2D eigenvalue weighted by Crippen LogP contribution is -2.24. The summed E-state index contributed by atoms with van der Waals surface area (Å²) in [6.07, 6.45) is 4.80. The van der Waals surface area contributed by atoms with E-state index < -0.39 is 5.97 Å². The van der Waals surface area contributed by atoms with Crippen LogP contribution in [0.25, 0.3) is 10.2 Å². The highest BCUT2D eigenvalue weighted by molar-refractivity contribution is 7.20. The summed E-state index contributed by atoms with van der Waals surface area (Å²) in [5.41, 5.74) is 0.603. The molecule has 0 aliphatic carbocycles. The Kier molecular flexibility index (Phi) is 4.95. The first-order chi connectivity index (χ1) is 11.6. The van der Waals surface area contributed by atoms with Crippen molar-refractivity contribution >= 4 is 27.5 Å². The molecular weight excluding hydrogens is 326 g/mol. The van der Waals surface area contributed by atoms with E-state index in [-0.39, 0.29) is 12.2 Å². The van der Waals surface area contributed by atoms with Gasteiger partial charge in [0.25, 0.3) is 5.56 Å². The normalized spacial score (nSPS) is 14.0. The second-order valence-electron chi connectivity index (χ2n) is 5.93. The minimum Gasteiger partial charge on any atom is -0.461 e. The van der Waals surface area contributed by atoms with Crippen LogP contribution in [-0.2, 0) is 17.7 Å². The van der Waals surface area contributed by atoms with Crippen LogP contribution in [0.3, 0.4) is 0 Å². The lowest BCUT2D eigenvalue weighted by molar-refractivity contribution is 0.0507. The SMILES string of the molecule is Cc1c(C(=O)OCCCC#N)sc2nc3n(c(=O)c12)CCCCC3. The molecule has 3 heterocycles. The molecule has 0 aromatic carbocycles. The number of nitriles is 1. The molecule has 0 N–H and O–H groups in total. The second-order valence-corrected chi connectivity index (χ2v) is 6.93. The van der Waals surface area contributed by atoms with Crippen molar-refractivity contribution in [1.29, 1.82) is 5.26 Å². The summed E-state index contributed by atoms with van der Waals surface area (Å²) < 4.78 is 6.97. The molecule has 0 atom stereocenters. The number of rotatable bonds is 4. The van der Waals surface area contributed by atoms with Gasteiger partial charge in [-0.3, -0.25) is 9.36 Å². The van der Waals surface area contributed by atoms with E-state index in [0.717, 1.165) is 31.5 Å². The van der Waals surface area contributed by atoms with Gasteiger partial charge in [0, 0.05) is 19.4 Å². The van der Waals surface area contributed by atoms with Crippen molar-refractivity contribution in [3.05, 3.63) is 26.6 Å². The summed E-state index contributed by atoms with van der Waals surface area (Å²) in [5, 5.41) is 9.05. The highest BCUT2D eigenvalue weighted by Crippen LogP contribution is 2.29. The van der Waals surface area contributed by atoms with Crippen LogP contribution in [0.5, 0.6) is 0 Å². The summed E-state index contributed by atoms with van der Waals surface area (Å²) in [6.45, 7) is 2.68. The zero-order chi connectivity index (χ0) is 17.1. The third-order valence-electron chi connectivity index (χ3n) is 4.26. The Hall–Kier alpha value is -2.20. The number of esters is 1. The van der Waals surface area contributed by atoms with Gasteiger partial charge in [-0.1, -0.05) is 6.42 Å². The van der Waals surface area contributed by atoms with Crippen molar-refractivity contribution in [2.24, 2.45) is 0 Å². The number of thiophene rings is 1. The van der Waals surface area contributed by atoms with Crippen molar-refractivity contribution in [2.75, 3.05) is 6.61 Å². The number of hydrogen-bond donors (Lipinski definition) is 0. The van der Waals surface area contributed by atoms with E-state index >= 15 is 0 Å². The maximum absolute atomic E-state index is 12.8. The number of unbranched alkanes of at least 4 members (excludes halogenated alkanes) is 1. The first-order valence-electron chi connectivity index (χ1n) is 8.20. The predicted molar refractivity (Wildman–Crippen MR) is 91.3 cm³/mol. The van der Waals surface area contributed by atoms with Crippen LogP contribution < -0.4 is 5.56 Å². The van der Waals surface area contributed by atoms with Gasteiger partial charge in [-0.2, -0.15) is 5.26 Å². The Morgan fingerprint density at radius 1 is 1.42 bits per heavy atom. The summed E-state index contributed by atoms with van der Waals surface area (Å²) in [4.78, 5) is 30.8. The van der Waals surface area contributed by atoms with Gasteiger partial charge in [0.1, 0.15) is 15.5 Å². The lowest BCUT2D eigenvalue weighted by Gasteiger charge is -2.08. The molecule has 1 aliphatic heterocycles. The minimum absolute atomic E-state index is 0.0471. The van der Waals surface area contributed by atoms with Gasteiger partial charge >= 0.3 is 5.97 Å². The monoisotopic (exact) mass is 345 g/mol. The van der Waals surface area contributed by atoms with Gasteiger partial charge in [-0.25, -0.2) is 9.78 Å².